The summed E-state index contributed by atoms with van der Waals surface area (Å²) in [5, 5.41) is 10.3. The van der Waals surface area contributed by atoms with Gasteiger partial charge in [-0.2, -0.15) is 0 Å². The molecule has 0 aliphatic carbocycles. The number of aromatic nitrogens is 2. The van der Waals surface area contributed by atoms with Crippen LogP contribution >= 0.6 is 11.3 Å². The third kappa shape index (κ3) is 3.48. The summed E-state index contributed by atoms with van der Waals surface area (Å²) < 4.78 is 0. The van der Waals surface area contributed by atoms with E-state index in [1.54, 1.807) is 11.3 Å². The van der Waals surface area contributed by atoms with Crippen molar-refractivity contribution in [2.75, 3.05) is 27.2 Å². The molecule has 0 N–H and O–H groups in total. The summed E-state index contributed by atoms with van der Waals surface area (Å²) in [6.07, 6.45) is 1.27. The van der Waals surface area contributed by atoms with E-state index >= 15 is 0 Å². The van der Waals surface area contributed by atoms with Crippen molar-refractivity contribution in [3.8, 4) is 10.6 Å². The molecule has 0 amide bonds. The van der Waals surface area contributed by atoms with Crippen LogP contribution < -0.4 is 0 Å². The summed E-state index contributed by atoms with van der Waals surface area (Å²) >= 11 is 1.64. The van der Waals surface area contributed by atoms with Crippen molar-refractivity contribution in [1.82, 2.24) is 20.0 Å². The van der Waals surface area contributed by atoms with Crippen LogP contribution in [0.5, 0.6) is 0 Å². The molecule has 1 aromatic heterocycles. The van der Waals surface area contributed by atoms with Crippen molar-refractivity contribution < 1.29 is 0 Å². The molecule has 0 bridgehead atoms. The first-order valence-electron chi connectivity index (χ1n) is 7.40. The van der Waals surface area contributed by atoms with E-state index in [0.29, 0.717) is 6.04 Å². The van der Waals surface area contributed by atoms with E-state index in [9.17, 15) is 0 Å². The molecule has 1 aliphatic heterocycles. The van der Waals surface area contributed by atoms with E-state index in [2.05, 4.69) is 58.4 Å². The molecule has 5 heteroatoms. The minimum atomic E-state index is 0.702. The van der Waals surface area contributed by atoms with E-state index in [4.69, 9.17) is 0 Å². The van der Waals surface area contributed by atoms with Gasteiger partial charge in [0.25, 0.3) is 0 Å². The Morgan fingerprint density at radius 2 is 2.00 bits per heavy atom. The normalized spacial score (nSPS) is 19.5. The summed E-state index contributed by atoms with van der Waals surface area (Å²) in [5.74, 6) is 0. The average Bonchev–Trinajstić information content (AvgIpc) is 3.09. The molecular weight excluding hydrogens is 280 g/mol. The van der Waals surface area contributed by atoms with Crippen molar-refractivity contribution in [1.29, 1.82) is 0 Å². The molecule has 1 saturated heterocycles. The number of benzene rings is 1. The van der Waals surface area contributed by atoms with E-state index in [-0.39, 0.29) is 0 Å². The molecule has 0 saturated carbocycles. The van der Waals surface area contributed by atoms with Crippen LogP contribution in [0.1, 0.15) is 17.0 Å². The maximum atomic E-state index is 4.20. The van der Waals surface area contributed by atoms with Gasteiger partial charge in [-0.15, -0.1) is 10.2 Å². The molecule has 1 fully saturated rings. The highest BCUT2D eigenvalue weighted by Crippen LogP contribution is 2.24. The lowest BCUT2D eigenvalue weighted by Crippen LogP contribution is -2.31. The van der Waals surface area contributed by atoms with Gasteiger partial charge in [-0.05, 0) is 33.0 Å². The van der Waals surface area contributed by atoms with Gasteiger partial charge in [0.05, 0.1) is 0 Å². The first-order valence-corrected chi connectivity index (χ1v) is 8.21. The molecule has 2 aromatic rings. The van der Waals surface area contributed by atoms with E-state index in [0.717, 1.165) is 22.1 Å². The maximum Gasteiger partial charge on any atom is 0.147 e. The van der Waals surface area contributed by atoms with Crippen molar-refractivity contribution in [3.63, 3.8) is 0 Å². The van der Waals surface area contributed by atoms with Crippen LogP contribution in [0.4, 0.5) is 0 Å². The Hall–Kier alpha value is -1.30. The molecular formula is C16H22N4S. The maximum absolute atomic E-state index is 4.20. The average molecular weight is 302 g/mol. The number of likely N-dealkylation sites (tertiary alicyclic amines) is 1. The zero-order chi connectivity index (χ0) is 14.8. The standard InChI is InChI=1S/C16H22N4S/c1-12-17-18-16(21-12)14-6-4-13(5-7-14)10-20-9-8-15(11-20)19(2)3/h4-7,15H,8-11H2,1-3H3. The van der Waals surface area contributed by atoms with Gasteiger partial charge in [-0.25, -0.2) is 0 Å². The lowest BCUT2D eigenvalue weighted by atomic mass is 10.1. The molecule has 21 heavy (non-hydrogen) atoms. The fraction of sp³-hybridized carbons (Fsp3) is 0.500. The SMILES string of the molecule is Cc1nnc(-c2ccc(CN3CCC(N(C)C)C3)cc2)s1. The Balaban J connectivity index is 1.63. The van der Waals surface area contributed by atoms with Crippen molar-refractivity contribution >= 4 is 11.3 Å². The predicted molar refractivity (Wildman–Crippen MR) is 87.5 cm³/mol. The number of likely N-dealkylation sites (N-methyl/N-ethyl adjacent to an activating group) is 1. The fourth-order valence-corrected chi connectivity index (χ4v) is 3.50. The van der Waals surface area contributed by atoms with Gasteiger partial charge in [-0.3, -0.25) is 4.90 Å². The van der Waals surface area contributed by atoms with Gasteiger partial charge in [0, 0.05) is 31.2 Å². The quantitative estimate of drug-likeness (QED) is 0.869. The molecule has 1 atom stereocenters. The largest absolute Gasteiger partial charge is 0.305 e. The number of nitrogens with zero attached hydrogens (tertiary/aromatic N) is 4. The van der Waals surface area contributed by atoms with Crippen molar-refractivity contribution in [2.45, 2.75) is 25.9 Å². The molecule has 1 unspecified atom stereocenters. The van der Waals surface area contributed by atoms with E-state index in [1.165, 1.54) is 25.1 Å². The van der Waals surface area contributed by atoms with Crippen LogP contribution in [-0.2, 0) is 6.54 Å². The van der Waals surface area contributed by atoms with Crippen LogP contribution in [0.25, 0.3) is 10.6 Å². The minimum absolute atomic E-state index is 0.702. The van der Waals surface area contributed by atoms with Gasteiger partial charge >= 0.3 is 0 Å². The summed E-state index contributed by atoms with van der Waals surface area (Å²) in [7, 11) is 4.35. The summed E-state index contributed by atoms with van der Waals surface area (Å²) in [4.78, 5) is 4.87. The summed E-state index contributed by atoms with van der Waals surface area (Å²) in [6.45, 7) is 5.40. The number of hydrogen-bond donors (Lipinski definition) is 0. The lowest BCUT2D eigenvalue weighted by molar-refractivity contribution is 0.264. The van der Waals surface area contributed by atoms with Crippen molar-refractivity contribution in [3.05, 3.63) is 34.8 Å². The highest BCUT2D eigenvalue weighted by Gasteiger charge is 2.23. The molecule has 1 aromatic carbocycles. The molecule has 0 spiro atoms. The van der Waals surface area contributed by atoms with Gasteiger partial charge in [0.15, 0.2) is 0 Å². The zero-order valence-corrected chi connectivity index (χ0v) is 13.7. The number of aryl methyl sites for hydroxylation is 1. The first kappa shape index (κ1) is 14.6. The Kier molecular flexibility index (Phi) is 4.33. The monoisotopic (exact) mass is 302 g/mol. The van der Waals surface area contributed by atoms with Gasteiger partial charge in [-0.1, -0.05) is 35.6 Å². The third-order valence-electron chi connectivity index (χ3n) is 4.11. The molecule has 3 rings (SSSR count). The van der Waals surface area contributed by atoms with Crippen LogP contribution in [-0.4, -0.2) is 53.2 Å². The van der Waals surface area contributed by atoms with Gasteiger partial charge in [0.1, 0.15) is 10.0 Å². The zero-order valence-electron chi connectivity index (χ0n) is 12.9. The smallest absolute Gasteiger partial charge is 0.147 e. The van der Waals surface area contributed by atoms with E-state index in [1.807, 2.05) is 6.92 Å². The van der Waals surface area contributed by atoms with Crippen LogP contribution in [0, 0.1) is 6.92 Å². The van der Waals surface area contributed by atoms with Crippen LogP contribution in [0.15, 0.2) is 24.3 Å². The predicted octanol–water partition coefficient (Wildman–Crippen LogP) is 2.65. The minimum Gasteiger partial charge on any atom is -0.305 e. The second-order valence-corrected chi connectivity index (χ2v) is 7.15. The summed E-state index contributed by atoms with van der Waals surface area (Å²) in [5.41, 5.74) is 2.54. The lowest BCUT2D eigenvalue weighted by Gasteiger charge is -2.20. The third-order valence-corrected chi connectivity index (χ3v) is 5.00. The van der Waals surface area contributed by atoms with Crippen molar-refractivity contribution in [2.24, 2.45) is 0 Å². The molecule has 1 aliphatic rings. The fourth-order valence-electron chi connectivity index (χ4n) is 2.80. The van der Waals surface area contributed by atoms with Gasteiger partial charge in [0.2, 0.25) is 0 Å². The topological polar surface area (TPSA) is 32.3 Å². The van der Waals surface area contributed by atoms with Crippen LogP contribution in [0.3, 0.4) is 0 Å². The molecule has 2 heterocycles. The Morgan fingerprint density at radius 1 is 1.24 bits per heavy atom. The van der Waals surface area contributed by atoms with Crippen LogP contribution in [0.2, 0.25) is 0 Å². The van der Waals surface area contributed by atoms with Gasteiger partial charge < -0.3 is 4.90 Å². The highest BCUT2D eigenvalue weighted by molar-refractivity contribution is 7.14. The second-order valence-electron chi connectivity index (χ2n) is 5.96. The number of rotatable bonds is 4. The van der Waals surface area contributed by atoms with E-state index < -0.39 is 0 Å². The number of hydrogen-bond acceptors (Lipinski definition) is 5. The second kappa shape index (κ2) is 6.22. The Bertz CT molecular complexity index is 591. The molecule has 112 valence electrons. The molecule has 4 nitrogen and oxygen atoms in total. The first-order chi connectivity index (χ1) is 10.1. The summed E-state index contributed by atoms with van der Waals surface area (Å²) in [6, 6.07) is 9.46. The Morgan fingerprint density at radius 3 is 2.57 bits per heavy atom. The highest BCUT2D eigenvalue weighted by atomic mass is 32.1. The molecule has 0 radical (unpaired) electrons. The Labute approximate surface area is 130 Å².